The quantitative estimate of drug-likeness (QED) is 0.606. The lowest BCUT2D eigenvalue weighted by molar-refractivity contribution is 0.0950. The molecule has 0 atom stereocenters. The number of carbonyl (C=O) groups excluding carboxylic acids is 1. The van der Waals surface area contributed by atoms with Crippen LogP contribution in [0.15, 0.2) is 79.3 Å². The fraction of sp³-hybridized carbons (Fsp3) is 0.167. The molecular weight excluding hydrogens is 378 g/mol. The predicted octanol–water partition coefficient (Wildman–Crippen LogP) is 5.34. The van der Waals surface area contributed by atoms with Gasteiger partial charge in [0.2, 0.25) is 0 Å². The highest BCUT2D eigenvalue weighted by Gasteiger charge is 2.08. The van der Waals surface area contributed by atoms with E-state index < -0.39 is 0 Å². The van der Waals surface area contributed by atoms with E-state index in [0.29, 0.717) is 12.1 Å². The van der Waals surface area contributed by atoms with Crippen molar-refractivity contribution >= 4 is 23.4 Å². The molecule has 4 rings (SSSR count). The summed E-state index contributed by atoms with van der Waals surface area (Å²) < 4.78 is 1.90. The number of aromatic nitrogens is 2. The van der Waals surface area contributed by atoms with Crippen LogP contribution in [0.3, 0.4) is 0 Å². The SMILES string of the molecule is CSn1ccc(C(=O)NCc2cc(-c3ccc(C4=CCCC=C4)cc3)ccn2)c1. The van der Waals surface area contributed by atoms with Gasteiger partial charge in [-0.1, -0.05) is 42.5 Å². The van der Waals surface area contributed by atoms with Crippen LogP contribution in [0.1, 0.15) is 34.5 Å². The highest BCUT2D eigenvalue weighted by Crippen LogP contribution is 2.25. The molecule has 0 unspecified atom stereocenters. The van der Waals surface area contributed by atoms with E-state index >= 15 is 0 Å². The maximum Gasteiger partial charge on any atom is 0.253 e. The van der Waals surface area contributed by atoms with Gasteiger partial charge >= 0.3 is 0 Å². The molecule has 0 aliphatic heterocycles. The summed E-state index contributed by atoms with van der Waals surface area (Å²) in [7, 11) is 0. The van der Waals surface area contributed by atoms with Gasteiger partial charge in [-0.3, -0.25) is 13.8 Å². The number of hydrogen-bond donors (Lipinski definition) is 1. The Hall–Kier alpha value is -3.05. The van der Waals surface area contributed by atoms with E-state index in [0.717, 1.165) is 29.7 Å². The molecule has 1 amide bonds. The summed E-state index contributed by atoms with van der Waals surface area (Å²) in [6.45, 7) is 0.396. The number of carbonyl (C=O) groups is 1. The summed E-state index contributed by atoms with van der Waals surface area (Å²) in [5.74, 6) is -0.0943. The smallest absolute Gasteiger partial charge is 0.253 e. The van der Waals surface area contributed by atoms with Gasteiger partial charge in [-0.05, 0) is 65.3 Å². The Morgan fingerprint density at radius 3 is 2.66 bits per heavy atom. The molecule has 29 heavy (non-hydrogen) atoms. The van der Waals surface area contributed by atoms with Crippen LogP contribution >= 0.6 is 11.9 Å². The first-order valence-electron chi connectivity index (χ1n) is 9.66. The maximum atomic E-state index is 12.3. The molecule has 0 radical (unpaired) electrons. The van der Waals surface area contributed by atoms with Gasteiger partial charge in [0.25, 0.3) is 5.91 Å². The van der Waals surface area contributed by atoms with Gasteiger partial charge in [-0.15, -0.1) is 0 Å². The topological polar surface area (TPSA) is 46.9 Å². The van der Waals surface area contributed by atoms with E-state index in [1.807, 2.05) is 40.8 Å². The van der Waals surface area contributed by atoms with Crippen LogP contribution in [-0.4, -0.2) is 21.1 Å². The maximum absolute atomic E-state index is 12.3. The standard InChI is InChI=1S/C24H23N3OS/c1-29-27-14-12-22(17-27)24(28)26-16-23-15-21(11-13-25-23)20-9-7-19(8-10-20)18-5-3-2-4-6-18/h3,5-15,17H,2,4,16H2,1H3,(H,26,28). The zero-order valence-electron chi connectivity index (χ0n) is 16.3. The molecule has 5 heteroatoms. The second-order valence-corrected chi connectivity index (χ2v) is 7.66. The summed E-state index contributed by atoms with van der Waals surface area (Å²) in [6, 6.07) is 14.4. The van der Waals surface area contributed by atoms with Crippen LogP contribution in [0.2, 0.25) is 0 Å². The zero-order valence-corrected chi connectivity index (χ0v) is 17.2. The van der Waals surface area contributed by atoms with Gasteiger partial charge in [-0.25, -0.2) is 0 Å². The van der Waals surface area contributed by atoms with Gasteiger partial charge < -0.3 is 5.32 Å². The highest BCUT2D eigenvalue weighted by atomic mass is 32.2. The Morgan fingerprint density at radius 1 is 1.10 bits per heavy atom. The average Bonchev–Trinajstić information content (AvgIpc) is 3.28. The molecule has 0 saturated carbocycles. The molecule has 3 aromatic rings. The Labute approximate surface area is 175 Å². The number of benzene rings is 1. The van der Waals surface area contributed by atoms with Crippen molar-refractivity contribution in [1.29, 1.82) is 0 Å². The minimum Gasteiger partial charge on any atom is -0.346 e. The molecule has 0 bridgehead atoms. The number of allylic oxidation sites excluding steroid dienone is 4. The molecule has 1 aromatic carbocycles. The molecule has 0 spiro atoms. The third-order valence-corrected chi connectivity index (χ3v) is 5.58. The number of nitrogens with one attached hydrogen (secondary N) is 1. The molecule has 146 valence electrons. The van der Waals surface area contributed by atoms with Gasteiger partial charge in [0, 0.05) is 24.8 Å². The first-order chi connectivity index (χ1) is 14.2. The van der Waals surface area contributed by atoms with Crippen molar-refractivity contribution in [2.45, 2.75) is 19.4 Å². The van der Waals surface area contributed by atoms with E-state index in [1.165, 1.54) is 11.1 Å². The summed E-state index contributed by atoms with van der Waals surface area (Å²) in [4.78, 5) is 16.7. The Morgan fingerprint density at radius 2 is 1.93 bits per heavy atom. The van der Waals surface area contributed by atoms with Gasteiger partial charge in [0.05, 0.1) is 17.8 Å². The summed E-state index contributed by atoms with van der Waals surface area (Å²) in [5.41, 5.74) is 6.25. The molecule has 1 aliphatic carbocycles. The first-order valence-corrected chi connectivity index (χ1v) is 10.8. The van der Waals surface area contributed by atoms with Crippen molar-refractivity contribution < 1.29 is 4.79 Å². The lowest BCUT2D eigenvalue weighted by Gasteiger charge is -2.09. The second-order valence-electron chi connectivity index (χ2n) is 6.88. The average molecular weight is 402 g/mol. The normalized spacial score (nSPS) is 13.2. The number of hydrogen-bond acceptors (Lipinski definition) is 3. The molecule has 2 aromatic heterocycles. The Kier molecular flexibility index (Phi) is 5.96. The largest absolute Gasteiger partial charge is 0.346 e. The molecule has 4 nitrogen and oxygen atoms in total. The van der Waals surface area contributed by atoms with Gasteiger partial charge in [0.15, 0.2) is 0 Å². The van der Waals surface area contributed by atoms with Crippen molar-refractivity contribution in [3.05, 3.63) is 96.1 Å². The second kappa shape index (κ2) is 8.97. The first kappa shape index (κ1) is 19.3. The van der Waals surface area contributed by atoms with E-state index in [2.05, 4.69) is 52.8 Å². The summed E-state index contributed by atoms with van der Waals surface area (Å²) >= 11 is 1.55. The van der Waals surface area contributed by atoms with Crippen LogP contribution < -0.4 is 5.32 Å². The number of pyridine rings is 1. The monoisotopic (exact) mass is 401 g/mol. The molecular formula is C24H23N3OS. The fourth-order valence-corrected chi connectivity index (χ4v) is 3.74. The molecule has 0 saturated heterocycles. The van der Waals surface area contributed by atoms with Crippen molar-refractivity contribution in [3.8, 4) is 11.1 Å². The van der Waals surface area contributed by atoms with Crippen molar-refractivity contribution in [1.82, 2.24) is 14.3 Å². The molecule has 1 N–H and O–H groups in total. The van der Waals surface area contributed by atoms with E-state index in [4.69, 9.17) is 0 Å². The van der Waals surface area contributed by atoms with Crippen LogP contribution in [-0.2, 0) is 6.54 Å². The van der Waals surface area contributed by atoms with Crippen LogP contribution in [0, 0.1) is 0 Å². The third-order valence-electron chi connectivity index (χ3n) is 4.93. The van der Waals surface area contributed by atoms with Crippen LogP contribution in [0.5, 0.6) is 0 Å². The van der Waals surface area contributed by atoms with Gasteiger partial charge in [0.1, 0.15) is 0 Å². The lowest BCUT2D eigenvalue weighted by Crippen LogP contribution is -2.22. The van der Waals surface area contributed by atoms with E-state index in [-0.39, 0.29) is 5.91 Å². The molecule has 2 heterocycles. The van der Waals surface area contributed by atoms with E-state index in [9.17, 15) is 4.79 Å². The van der Waals surface area contributed by atoms with Crippen molar-refractivity contribution in [2.24, 2.45) is 0 Å². The molecule has 1 aliphatic rings. The lowest BCUT2D eigenvalue weighted by atomic mass is 9.97. The van der Waals surface area contributed by atoms with Crippen molar-refractivity contribution in [3.63, 3.8) is 0 Å². The van der Waals surface area contributed by atoms with Crippen LogP contribution in [0.4, 0.5) is 0 Å². The predicted molar refractivity (Wildman–Crippen MR) is 121 cm³/mol. The Balaban J connectivity index is 1.43. The molecule has 0 fully saturated rings. The fourth-order valence-electron chi connectivity index (χ4n) is 3.33. The highest BCUT2D eigenvalue weighted by molar-refractivity contribution is 7.97. The number of rotatable bonds is 6. The Bertz CT molecular complexity index is 1060. The summed E-state index contributed by atoms with van der Waals surface area (Å²) in [6.07, 6.45) is 16.4. The van der Waals surface area contributed by atoms with E-state index in [1.54, 1.807) is 18.1 Å². The van der Waals surface area contributed by atoms with Gasteiger partial charge in [-0.2, -0.15) is 0 Å². The zero-order chi connectivity index (χ0) is 20.1. The number of amides is 1. The minimum atomic E-state index is -0.0943. The third kappa shape index (κ3) is 4.69. The minimum absolute atomic E-state index is 0.0943. The van der Waals surface area contributed by atoms with Crippen molar-refractivity contribution in [2.75, 3.05) is 6.26 Å². The number of nitrogens with zero attached hydrogens (tertiary/aromatic N) is 2. The van der Waals surface area contributed by atoms with Crippen LogP contribution in [0.25, 0.3) is 16.7 Å². The summed E-state index contributed by atoms with van der Waals surface area (Å²) in [5, 5.41) is 2.94.